The molecule has 3 atom stereocenters. The van der Waals surface area contributed by atoms with E-state index in [0.717, 1.165) is 90.3 Å². The number of esters is 3. The minimum atomic E-state index is -0.443. The lowest BCUT2D eigenvalue weighted by atomic mass is 9.80. The molecule has 3 heterocycles. The maximum absolute atomic E-state index is 13.1. The minimum Gasteiger partial charge on any atom is -0.426 e. The first-order valence-corrected chi connectivity index (χ1v) is 16.1. The number of carbonyl (C=O) groups excluding carboxylic acids is 3. The van der Waals surface area contributed by atoms with Gasteiger partial charge < -0.3 is 28.4 Å². The van der Waals surface area contributed by atoms with E-state index >= 15 is 0 Å². The van der Waals surface area contributed by atoms with Crippen molar-refractivity contribution < 1.29 is 42.8 Å². The van der Waals surface area contributed by atoms with E-state index < -0.39 is 5.97 Å². The van der Waals surface area contributed by atoms with Gasteiger partial charge in [0.1, 0.15) is 5.75 Å². The molecule has 2 saturated carbocycles. The van der Waals surface area contributed by atoms with Crippen molar-refractivity contribution in [2.24, 2.45) is 23.7 Å². The maximum atomic E-state index is 13.1. The van der Waals surface area contributed by atoms with E-state index in [1.807, 2.05) is 0 Å². The third-order valence-corrected chi connectivity index (χ3v) is 9.60. The maximum Gasteiger partial charge on any atom is 0.314 e. The van der Waals surface area contributed by atoms with Crippen LogP contribution in [0, 0.1) is 23.7 Å². The fourth-order valence-corrected chi connectivity index (χ4v) is 6.48. The van der Waals surface area contributed by atoms with E-state index in [0.29, 0.717) is 37.1 Å². The lowest BCUT2D eigenvalue weighted by molar-refractivity contribution is -0.142. The van der Waals surface area contributed by atoms with Crippen molar-refractivity contribution >= 4 is 17.9 Å². The van der Waals surface area contributed by atoms with Crippen LogP contribution in [0.3, 0.4) is 0 Å². The van der Waals surface area contributed by atoms with Crippen LogP contribution in [0.1, 0.15) is 89.9 Å². The van der Waals surface area contributed by atoms with Crippen LogP contribution in [0.5, 0.6) is 17.2 Å². The molecule has 5 aliphatic rings. The van der Waals surface area contributed by atoms with Crippen LogP contribution in [0.15, 0.2) is 18.2 Å². The molecule has 3 aliphatic heterocycles. The summed E-state index contributed by atoms with van der Waals surface area (Å²) in [5.74, 6) is 0.476. The van der Waals surface area contributed by atoms with E-state index in [-0.39, 0.29) is 53.5 Å². The van der Waals surface area contributed by atoms with Crippen molar-refractivity contribution in [3.05, 3.63) is 18.2 Å². The van der Waals surface area contributed by atoms with Crippen LogP contribution in [0.4, 0.5) is 0 Å². The molecule has 0 bridgehead atoms. The molecule has 3 saturated heterocycles. The lowest BCUT2D eigenvalue weighted by Gasteiger charge is -2.27. The zero-order chi connectivity index (χ0) is 28.9. The Kier molecular flexibility index (Phi) is 9.76. The molecule has 1 aromatic rings. The van der Waals surface area contributed by atoms with Gasteiger partial charge in [0.25, 0.3) is 0 Å². The summed E-state index contributed by atoms with van der Waals surface area (Å²) in [7, 11) is 0. The average Bonchev–Trinajstić information content (AvgIpc) is 3.86. The van der Waals surface area contributed by atoms with Gasteiger partial charge in [-0.2, -0.15) is 0 Å². The second kappa shape index (κ2) is 13.9. The molecule has 9 nitrogen and oxygen atoms in total. The van der Waals surface area contributed by atoms with Gasteiger partial charge >= 0.3 is 17.9 Å². The molecule has 0 N–H and O–H groups in total. The summed E-state index contributed by atoms with van der Waals surface area (Å²) in [5, 5.41) is 0. The molecular weight excluding hydrogens is 540 g/mol. The standard InChI is InChI=1S/C33H44O9/c34-31(16-14-28-20-39-28)41-30-17-25(40-32(35)23-7-1-21(2-8-23)5-11-26-18-37-26)13-15-29(30)42-33(36)24-9-3-22(4-10-24)6-12-27-19-38-27/h13,15,17,21-24,26-28H,1-12,14,16,18-20H2. The quantitative estimate of drug-likeness (QED) is 0.158. The fourth-order valence-electron chi connectivity index (χ4n) is 6.48. The Morgan fingerprint density at radius 1 is 0.595 bits per heavy atom. The zero-order valence-electron chi connectivity index (χ0n) is 24.5. The Morgan fingerprint density at radius 2 is 1.10 bits per heavy atom. The Labute approximate surface area is 247 Å². The highest BCUT2D eigenvalue weighted by molar-refractivity contribution is 5.79. The first-order valence-electron chi connectivity index (χ1n) is 16.1. The Balaban J connectivity index is 1.03. The Hall–Kier alpha value is -2.49. The number of carbonyl (C=O) groups is 3. The van der Waals surface area contributed by atoms with E-state index in [4.69, 9.17) is 28.4 Å². The van der Waals surface area contributed by atoms with E-state index in [2.05, 4.69) is 0 Å². The van der Waals surface area contributed by atoms with E-state index in [9.17, 15) is 14.4 Å². The van der Waals surface area contributed by atoms with Gasteiger partial charge in [-0.3, -0.25) is 14.4 Å². The number of hydrogen-bond acceptors (Lipinski definition) is 9. The molecular formula is C33H44O9. The number of ether oxygens (including phenoxy) is 6. The predicted molar refractivity (Wildman–Crippen MR) is 151 cm³/mol. The topological polar surface area (TPSA) is 116 Å². The fraction of sp³-hybridized carbons (Fsp3) is 0.727. The van der Waals surface area contributed by atoms with Gasteiger partial charge in [-0.05, 0) is 107 Å². The van der Waals surface area contributed by atoms with Crippen LogP contribution in [0.2, 0.25) is 0 Å². The van der Waals surface area contributed by atoms with Crippen LogP contribution in [-0.4, -0.2) is 56.0 Å². The second-order valence-electron chi connectivity index (χ2n) is 12.9. The van der Waals surface area contributed by atoms with Crippen LogP contribution in [-0.2, 0) is 28.6 Å². The highest BCUT2D eigenvalue weighted by Crippen LogP contribution is 2.38. The molecule has 0 radical (unpaired) electrons. The first kappa shape index (κ1) is 29.6. The van der Waals surface area contributed by atoms with Gasteiger partial charge in [0.15, 0.2) is 11.5 Å². The summed E-state index contributed by atoms with van der Waals surface area (Å²) in [6.45, 7) is 2.44. The largest absolute Gasteiger partial charge is 0.426 e. The number of benzene rings is 1. The normalized spacial score (nSPS) is 31.6. The molecule has 3 unspecified atom stereocenters. The lowest BCUT2D eigenvalue weighted by Crippen LogP contribution is -2.26. The van der Waals surface area contributed by atoms with Crippen LogP contribution in [0.25, 0.3) is 0 Å². The predicted octanol–water partition coefficient (Wildman–Crippen LogP) is 5.55. The molecule has 2 aliphatic carbocycles. The van der Waals surface area contributed by atoms with E-state index in [1.54, 1.807) is 12.1 Å². The summed E-state index contributed by atoms with van der Waals surface area (Å²) < 4.78 is 33.0. The number of hydrogen-bond donors (Lipinski definition) is 0. The van der Waals surface area contributed by atoms with Crippen molar-refractivity contribution in [1.29, 1.82) is 0 Å². The van der Waals surface area contributed by atoms with E-state index in [1.165, 1.54) is 6.07 Å². The zero-order valence-corrected chi connectivity index (χ0v) is 24.5. The van der Waals surface area contributed by atoms with Crippen molar-refractivity contribution in [1.82, 2.24) is 0 Å². The third-order valence-electron chi connectivity index (χ3n) is 9.60. The minimum absolute atomic E-state index is 0.0967. The third kappa shape index (κ3) is 9.01. The van der Waals surface area contributed by atoms with Crippen LogP contribution >= 0.6 is 0 Å². The Morgan fingerprint density at radius 3 is 1.62 bits per heavy atom. The van der Waals surface area contributed by atoms with Gasteiger partial charge in [0, 0.05) is 12.5 Å². The Bertz CT molecular complexity index is 1090. The average molecular weight is 585 g/mol. The summed E-state index contributed by atoms with van der Waals surface area (Å²) in [6.07, 6.45) is 13.5. The van der Waals surface area contributed by atoms with Crippen LogP contribution < -0.4 is 14.2 Å². The number of rotatable bonds is 14. The van der Waals surface area contributed by atoms with Crippen molar-refractivity contribution in [3.63, 3.8) is 0 Å². The molecule has 0 amide bonds. The summed E-state index contributed by atoms with van der Waals surface area (Å²) in [6, 6.07) is 4.66. The smallest absolute Gasteiger partial charge is 0.314 e. The first-order chi connectivity index (χ1) is 20.5. The monoisotopic (exact) mass is 584 g/mol. The molecule has 0 aromatic heterocycles. The van der Waals surface area contributed by atoms with Crippen molar-refractivity contribution in [2.45, 2.75) is 108 Å². The molecule has 6 rings (SSSR count). The van der Waals surface area contributed by atoms with Gasteiger partial charge in [-0.1, -0.05) is 0 Å². The van der Waals surface area contributed by atoms with Gasteiger partial charge in [-0.25, -0.2) is 0 Å². The summed E-state index contributed by atoms with van der Waals surface area (Å²) in [5.41, 5.74) is 0. The molecule has 9 heteroatoms. The van der Waals surface area contributed by atoms with Gasteiger partial charge in [0.05, 0.1) is 50.0 Å². The summed E-state index contributed by atoms with van der Waals surface area (Å²) >= 11 is 0. The highest BCUT2D eigenvalue weighted by atomic mass is 16.6. The second-order valence-corrected chi connectivity index (χ2v) is 12.9. The number of epoxide rings is 3. The molecule has 42 heavy (non-hydrogen) atoms. The highest BCUT2D eigenvalue weighted by Gasteiger charge is 2.32. The molecule has 230 valence electrons. The summed E-state index contributed by atoms with van der Waals surface area (Å²) in [4.78, 5) is 38.7. The molecule has 0 spiro atoms. The van der Waals surface area contributed by atoms with Crippen molar-refractivity contribution in [3.8, 4) is 17.2 Å². The SMILES string of the molecule is O=C(CCC1CO1)Oc1cc(OC(=O)C2CCC(CCC3CO3)CC2)ccc1OC(=O)C1CCC(CCC2CO2)CC1. The molecule has 1 aromatic carbocycles. The van der Waals surface area contributed by atoms with Gasteiger partial charge in [0.2, 0.25) is 0 Å². The molecule has 5 fully saturated rings. The van der Waals surface area contributed by atoms with Crippen molar-refractivity contribution in [2.75, 3.05) is 19.8 Å². The van der Waals surface area contributed by atoms with Gasteiger partial charge in [-0.15, -0.1) is 0 Å².